The van der Waals surface area contributed by atoms with Crippen LogP contribution in [-0.2, 0) is 0 Å². The Bertz CT molecular complexity index is 811. The molecule has 2 aromatic carbocycles. The number of aliphatic hydroxyl groups excluding tert-OH is 1. The van der Waals surface area contributed by atoms with Crippen LogP contribution in [0.5, 0.6) is 34.5 Å². The average molecular weight is 319 g/mol. The van der Waals surface area contributed by atoms with Crippen LogP contribution in [0.2, 0.25) is 0 Å². The molecule has 0 radical (unpaired) electrons. The summed E-state index contributed by atoms with van der Waals surface area (Å²) in [7, 11) is 1.33. The molecule has 6 N–H and O–H groups in total. The number of methoxy groups -OCH3 is 1. The molecule has 23 heavy (non-hydrogen) atoms. The SMILES string of the molecule is COc1cc(C2[OH+]c3cc(O)cc(O)c3C=C2O)cc(O)c1O. The Morgan fingerprint density at radius 1 is 0.957 bits per heavy atom. The smallest absolute Gasteiger partial charge is 0.270 e. The summed E-state index contributed by atoms with van der Waals surface area (Å²) in [6.45, 7) is 0. The van der Waals surface area contributed by atoms with Crippen LogP contribution in [0.1, 0.15) is 17.2 Å². The lowest BCUT2D eigenvalue weighted by molar-refractivity contribution is -0.0197. The zero-order chi connectivity index (χ0) is 16.7. The van der Waals surface area contributed by atoms with E-state index in [0.29, 0.717) is 5.56 Å². The molecule has 1 unspecified atom stereocenters. The van der Waals surface area contributed by atoms with Gasteiger partial charge in [0.15, 0.2) is 17.3 Å². The van der Waals surface area contributed by atoms with Gasteiger partial charge in [0.1, 0.15) is 17.1 Å². The Kier molecular flexibility index (Phi) is 3.33. The Balaban J connectivity index is 2.08. The summed E-state index contributed by atoms with van der Waals surface area (Å²) < 4.78 is 9.25. The molecule has 0 fully saturated rings. The van der Waals surface area contributed by atoms with Crippen molar-refractivity contribution >= 4 is 6.08 Å². The van der Waals surface area contributed by atoms with E-state index in [2.05, 4.69) is 4.74 Å². The summed E-state index contributed by atoms with van der Waals surface area (Å²) >= 11 is 0. The van der Waals surface area contributed by atoms with E-state index in [0.717, 1.165) is 6.07 Å². The van der Waals surface area contributed by atoms with Crippen molar-refractivity contribution in [2.75, 3.05) is 7.11 Å². The van der Waals surface area contributed by atoms with Gasteiger partial charge in [-0.1, -0.05) is 0 Å². The van der Waals surface area contributed by atoms with E-state index in [1.54, 1.807) is 0 Å². The molecule has 120 valence electrons. The molecule has 0 saturated heterocycles. The third-order valence-electron chi connectivity index (χ3n) is 3.57. The second-order valence-corrected chi connectivity index (χ2v) is 5.09. The molecule has 2 aromatic rings. The molecule has 0 spiro atoms. The largest absolute Gasteiger partial charge is 0.571 e. The summed E-state index contributed by atoms with van der Waals surface area (Å²) in [4.78, 5) is 0. The van der Waals surface area contributed by atoms with Crippen LogP contribution < -0.4 is 4.74 Å². The molecule has 3 rings (SSSR count). The lowest BCUT2D eigenvalue weighted by Gasteiger charge is -2.23. The number of fused-ring (bicyclic) bond motifs is 1. The highest BCUT2D eigenvalue weighted by Gasteiger charge is 2.32. The van der Waals surface area contributed by atoms with Gasteiger partial charge in [0, 0.05) is 12.1 Å². The zero-order valence-corrected chi connectivity index (χ0v) is 12.1. The van der Waals surface area contributed by atoms with Crippen LogP contribution >= 0.6 is 0 Å². The van der Waals surface area contributed by atoms with Gasteiger partial charge in [0.05, 0.1) is 18.7 Å². The van der Waals surface area contributed by atoms with Gasteiger partial charge in [-0.3, -0.25) is 0 Å². The monoisotopic (exact) mass is 319 g/mol. The maximum Gasteiger partial charge on any atom is 0.270 e. The fourth-order valence-corrected chi connectivity index (χ4v) is 2.47. The molecule has 0 bridgehead atoms. The number of hydrogen-bond acceptors (Lipinski definition) is 6. The predicted molar refractivity (Wildman–Crippen MR) is 81.1 cm³/mol. The van der Waals surface area contributed by atoms with Gasteiger partial charge in [-0.2, -0.15) is 0 Å². The summed E-state index contributed by atoms with van der Waals surface area (Å²) in [6, 6.07) is 5.18. The summed E-state index contributed by atoms with van der Waals surface area (Å²) in [5, 5.41) is 49.0. The topological polar surface area (TPSA) is 123 Å². The van der Waals surface area contributed by atoms with Crippen LogP contribution in [0.25, 0.3) is 6.08 Å². The second kappa shape index (κ2) is 5.20. The van der Waals surface area contributed by atoms with Gasteiger partial charge < -0.3 is 35.0 Å². The molecular weight excluding hydrogens is 304 g/mol. The van der Waals surface area contributed by atoms with Crippen LogP contribution in [0, 0.1) is 0 Å². The number of aromatic hydroxyl groups is 5. The second-order valence-electron chi connectivity index (χ2n) is 5.09. The number of hydrogen-bond donors (Lipinski definition) is 5. The van der Waals surface area contributed by atoms with E-state index in [1.165, 1.54) is 31.4 Å². The minimum Gasteiger partial charge on any atom is -0.571 e. The van der Waals surface area contributed by atoms with Gasteiger partial charge in [-0.05, 0) is 12.1 Å². The highest BCUT2D eigenvalue weighted by molar-refractivity contribution is 5.69. The van der Waals surface area contributed by atoms with Crippen LogP contribution in [0.15, 0.2) is 30.0 Å². The first-order valence-corrected chi connectivity index (χ1v) is 6.68. The third-order valence-corrected chi connectivity index (χ3v) is 3.57. The van der Waals surface area contributed by atoms with E-state index in [9.17, 15) is 25.5 Å². The van der Waals surface area contributed by atoms with Crippen molar-refractivity contribution in [2.24, 2.45) is 0 Å². The van der Waals surface area contributed by atoms with Gasteiger partial charge in [0.2, 0.25) is 5.75 Å². The normalized spacial score (nSPS) is 16.2. The Morgan fingerprint density at radius 3 is 2.39 bits per heavy atom. The van der Waals surface area contributed by atoms with Crippen molar-refractivity contribution in [2.45, 2.75) is 6.10 Å². The maximum atomic E-state index is 10.2. The molecule has 1 aliphatic rings. The Hall–Kier alpha value is -3.22. The first-order chi connectivity index (χ1) is 10.9. The number of benzene rings is 2. The van der Waals surface area contributed by atoms with E-state index >= 15 is 0 Å². The van der Waals surface area contributed by atoms with Crippen molar-refractivity contribution in [3.05, 3.63) is 41.2 Å². The molecule has 1 aliphatic heterocycles. The minimum atomic E-state index is -0.871. The van der Waals surface area contributed by atoms with E-state index in [4.69, 9.17) is 4.74 Å². The van der Waals surface area contributed by atoms with Crippen LogP contribution in [0.3, 0.4) is 0 Å². The fraction of sp³-hybridized carbons (Fsp3) is 0.125. The Morgan fingerprint density at radius 2 is 1.70 bits per heavy atom. The summed E-state index contributed by atoms with van der Waals surface area (Å²) in [5.41, 5.74) is 0.658. The molecular formula is C16H15O7+. The molecule has 1 atom stereocenters. The van der Waals surface area contributed by atoms with Gasteiger partial charge in [-0.15, -0.1) is 0 Å². The van der Waals surface area contributed by atoms with Gasteiger partial charge >= 0.3 is 0 Å². The quantitative estimate of drug-likeness (QED) is 0.428. The van der Waals surface area contributed by atoms with Crippen LogP contribution in [-0.4, -0.2) is 37.4 Å². The zero-order valence-electron chi connectivity index (χ0n) is 12.1. The van der Waals surface area contributed by atoms with Crippen molar-refractivity contribution in [3.63, 3.8) is 0 Å². The van der Waals surface area contributed by atoms with E-state index < -0.39 is 17.6 Å². The first kappa shape index (κ1) is 14.7. The molecule has 7 nitrogen and oxygen atoms in total. The first-order valence-electron chi connectivity index (χ1n) is 6.68. The molecule has 0 amide bonds. The molecule has 1 heterocycles. The minimum absolute atomic E-state index is 0.0348. The third kappa shape index (κ3) is 2.42. The maximum absolute atomic E-state index is 10.2. The Labute approximate surface area is 130 Å². The lowest BCUT2D eigenvalue weighted by atomic mass is 10.0. The summed E-state index contributed by atoms with van der Waals surface area (Å²) in [5.74, 6) is -1.03. The highest BCUT2D eigenvalue weighted by atomic mass is 16.5. The van der Waals surface area contributed by atoms with Crippen molar-refractivity contribution in [1.29, 1.82) is 0 Å². The van der Waals surface area contributed by atoms with Gasteiger partial charge in [-0.25, -0.2) is 0 Å². The van der Waals surface area contributed by atoms with Crippen molar-refractivity contribution in [3.8, 4) is 34.5 Å². The molecule has 0 aromatic heterocycles. The molecule has 0 aliphatic carbocycles. The van der Waals surface area contributed by atoms with Gasteiger partial charge in [0.25, 0.3) is 11.9 Å². The number of aliphatic hydroxyl groups is 2. The highest BCUT2D eigenvalue weighted by Crippen LogP contribution is 2.46. The van der Waals surface area contributed by atoms with Crippen molar-refractivity contribution < 1.29 is 35.0 Å². The number of rotatable bonds is 2. The standard InChI is InChI=1S/C16H14O7/c1-22-14-3-7(2-11(19)15(14)21)16-12(20)6-9-10(18)4-8(17)5-13(9)23-16/h2-6,16-21H,1H3/p+1. The number of phenolic OH excluding ortho intramolecular Hbond substituents is 4. The fourth-order valence-electron chi connectivity index (χ4n) is 2.47. The van der Waals surface area contributed by atoms with E-state index in [1.807, 2.05) is 0 Å². The number of ether oxygens (including phenoxy) is 2. The van der Waals surface area contributed by atoms with Crippen molar-refractivity contribution in [1.82, 2.24) is 0 Å². The molecule has 0 saturated carbocycles. The predicted octanol–water partition coefficient (Wildman–Crippen LogP) is 2.41. The summed E-state index contributed by atoms with van der Waals surface area (Å²) in [6.07, 6.45) is 0.460. The van der Waals surface area contributed by atoms with E-state index in [-0.39, 0.29) is 34.3 Å². The van der Waals surface area contributed by atoms with Crippen LogP contribution in [0.4, 0.5) is 0 Å². The average Bonchev–Trinajstić information content (AvgIpc) is 2.50. The molecule has 7 heteroatoms. The lowest BCUT2D eigenvalue weighted by Crippen LogP contribution is -2.12. The number of phenols is 4.